The second kappa shape index (κ2) is 7.72. The van der Waals surface area contributed by atoms with Crippen molar-refractivity contribution in [2.24, 2.45) is 0 Å². The Balaban J connectivity index is 2.62. The first-order chi connectivity index (χ1) is 8.94. The van der Waals surface area contributed by atoms with Crippen molar-refractivity contribution in [1.29, 1.82) is 0 Å². The number of hydrogen-bond donors (Lipinski definition) is 1. The summed E-state index contributed by atoms with van der Waals surface area (Å²) < 4.78 is 37.6. The minimum atomic E-state index is -4.33. The number of halogens is 3. The van der Waals surface area contributed by atoms with E-state index in [2.05, 4.69) is 5.32 Å². The van der Waals surface area contributed by atoms with Gasteiger partial charge in [-0.1, -0.05) is 26.2 Å². The van der Waals surface area contributed by atoms with Gasteiger partial charge in [-0.2, -0.15) is 13.2 Å². The summed E-state index contributed by atoms with van der Waals surface area (Å²) in [5, 5.41) is 3.07. The monoisotopic (exact) mass is 280 g/mol. The molecule has 0 spiro atoms. The van der Waals surface area contributed by atoms with Gasteiger partial charge in [0.25, 0.3) is 0 Å². The lowest BCUT2D eigenvalue weighted by atomic mass is 10.1. The van der Waals surface area contributed by atoms with Gasteiger partial charge in [0.1, 0.15) is 6.54 Å². The van der Waals surface area contributed by atoms with Crippen molar-refractivity contribution in [1.82, 2.24) is 10.2 Å². The lowest BCUT2D eigenvalue weighted by Crippen LogP contribution is -2.49. The normalized spacial score (nSPS) is 20.9. The van der Waals surface area contributed by atoms with Crippen LogP contribution < -0.4 is 5.32 Å². The highest BCUT2D eigenvalue weighted by atomic mass is 19.4. The van der Waals surface area contributed by atoms with Crippen LogP contribution in [0.15, 0.2) is 0 Å². The Morgan fingerprint density at radius 3 is 2.68 bits per heavy atom. The molecule has 1 unspecified atom stereocenters. The van der Waals surface area contributed by atoms with E-state index < -0.39 is 24.7 Å². The fourth-order valence-electron chi connectivity index (χ4n) is 2.29. The third-order valence-corrected chi connectivity index (χ3v) is 3.32. The molecule has 0 bridgehead atoms. The fraction of sp³-hybridized carbons (Fsp3) is 0.923. The van der Waals surface area contributed by atoms with E-state index in [4.69, 9.17) is 0 Å². The number of amides is 1. The second-order valence-corrected chi connectivity index (χ2v) is 5.08. The van der Waals surface area contributed by atoms with E-state index in [1.165, 1.54) is 0 Å². The molecule has 1 fully saturated rings. The topological polar surface area (TPSA) is 32.3 Å². The average molecular weight is 280 g/mol. The Morgan fingerprint density at radius 2 is 2.05 bits per heavy atom. The van der Waals surface area contributed by atoms with Crippen LogP contribution in [0.1, 0.15) is 45.4 Å². The molecule has 1 amide bonds. The van der Waals surface area contributed by atoms with E-state index in [-0.39, 0.29) is 6.54 Å². The van der Waals surface area contributed by atoms with Crippen molar-refractivity contribution in [3.63, 3.8) is 0 Å². The first kappa shape index (κ1) is 16.3. The minimum Gasteiger partial charge on any atom is -0.332 e. The van der Waals surface area contributed by atoms with Gasteiger partial charge in [-0.15, -0.1) is 0 Å². The second-order valence-electron chi connectivity index (χ2n) is 5.08. The third-order valence-electron chi connectivity index (χ3n) is 3.32. The van der Waals surface area contributed by atoms with Crippen LogP contribution in [0.2, 0.25) is 0 Å². The van der Waals surface area contributed by atoms with Gasteiger partial charge in [-0.25, -0.2) is 0 Å². The van der Waals surface area contributed by atoms with Crippen LogP contribution in [0.4, 0.5) is 13.2 Å². The summed E-state index contributed by atoms with van der Waals surface area (Å²) >= 11 is 0. The lowest BCUT2D eigenvalue weighted by Gasteiger charge is -2.28. The lowest BCUT2D eigenvalue weighted by molar-refractivity contribution is -0.162. The maximum absolute atomic E-state index is 12.5. The van der Waals surface area contributed by atoms with E-state index in [0.717, 1.165) is 30.6 Å². The van der Waals surface area contributed by atoms with E-state index in [0.29, 0.717) is 19.4 Å². The number of rotatable bonds is 5. The molecule has 0 saturated carbocycles. The molecule has 1 N–H and O–H groups in total. The van der Waals surface area contributed by atoms with E-state index in [1.807, 2.05) is 6.92 Å². The van der Waals surface area contributed by atoms with Gasteiger partial charge in [0, 0.05) is 6.54 Å². The zero-order chi connectivity index (χ0) is 14.3. The smallest absolute Gasteiger partial charge is 0.332 e. The molecule has 0 aromatic carbocycles. The number of nitrogens with zero attached hydrogens (tertiary/aromatic N) is 1. The molecule has 0 radical (unpaired) electrons. The number of carbonyl (C=O) groups is 1. The van der Waals surface area contributed by atoms with Crippen molar-refractivity contribution < 1.29 is 18.0 Å². The predicted octanol–water partition coefficient (Wildman–Crippen LogP) is 2.71. The summed E-state index contributed by atoms with van der Waals surface area (Å²) in [5.41, 5.74) is 0. The van der Waals surface area contributed by atoms with Crippen LogP contribution >= 0.6 is 0 Å². The molecular weight excluding hydrogens is 257 g/mol. The van der Waals surface area contributed by atoms with Crippen molar-refractivity contribution in [2.75, 3.05) is 19.6 Å². The highest BCUT2D eigenvalue weighted by Crippen LogP contribution is 2.19. The largest absolute Gasteiger partial charge is 0.406 e. The van der Waals surface area contributed by atoms with Crippen LogP contribution in [0.3, 0.4) is 0 Å². The summed E-state index contributed by atoms with van der Waals surface area (Å²) in [6, 6.07) is -0.443. The molecule has 1 aliphatic heterocycles. The first-order valence-corrected chi connectivity index (χ1v) is 7.03. The quantitative estimate of drug-likeness (QED) is 0.840. The van der Waals surface area contributed by atoms with Gasteiger partial charge < -0.3 is 10.2 Å². The summed E-state index contributed by atoms with van der Waals surface area (Å²) in [6.45, 7) is 1.67. The van der Waals surface area contributed by atoms with Crippen molar-refractivity contribution in [3.05, 3.63) is 0 Å². The number of alkyl halides is 3. The van der Waals surface area contributed by atoms with Gasteiger partial charge in [0.05, 0.1) is 6.04 Å². The maximum Gasteiger partial charge on any atom is 0.406 e. The Hall–Kier alpha value is -0.780. The van der Waals surface area contributed by atoms with Gasteiger partial charge in [0.15, 0.2) is 0 Å². The summed E-state index contributed by atoms with van der Waals surface area (Å²) in [6.07, 6.45) is 0.613. The molecule has 1 heterocycles. The summed E-state index contributed by atoms with van der Waals surface area (Å²) in [4.78, 5) is 13.2. The van der Waals surface area contributed by atoms with Crippen molar-refractivity contribution >= 4 is 5.91 Å². The summed E-state index contributed by atoms with van der Waals surface area (Å²) in [7, 11) is 0. The highest BCUT2D eigenvalue weighted by molar-refractivity contribution is 5.82. The zero-order valence-corrected chi connectivity index (χ0v) is 11.4. The third kappa shape index (κ3) is 6.27. The van der Waals surface area contributed by atoms with Gasteiger partial charge in [0.2, 0.25) is 5.91 Å². The molecule has 3 nitrogen and oxygen atoms in total. The number of unbranched alkanes of at least 4 members (excludes halogenated alkanes) is 1. The number of nitrogens with one attached hydrogen (secondary N) is 1. The van der Waals surface area contributed by atoms with E-state index in [1.54, 1.807) is 0 Å². The first-order valence-electron chi connectivity index (χ1n) is 7.03. The van der Waals surface area contributed by atoms with E-state index in [9.17, 15) is 18.0 Å². The molecule has 1 aliphatic rings. The summed E-state index contributed by atoms with van der Waals surface area (Å²) in [5.74, 6) is -0.396. The van der Waals surface area contributed by atoms with E-state index >= 15 is 0 Å². The molecule has 0 aromatic rings. The zero-order valence-electron chi connectivity index (χ0n) is 11.4. The fourth-order valence-corrected chi connectivity index (χ4v) is 2.29. The van der Waals surface area contributed by atoms with Crippen LogP contribution in [-0.2, 0) is 4.79 Å². The van der Waals surface area contributed by atoms with Crippen LogP contribution in [0, 0.1) is 0 Å². The molecule has 112 valence electrons. The van der Waals surface area contributed by atoms with Gasteiger partial charge in [-0.3, -0.25) is 4.79 Å². The Labute approximate surface area is 112 Å². The van der Waals surface area contributed by atoms with Crippen LogP contribution in [0.5, 0.6) is 0 Å². The number of hydrogen-bond acceptors (Lipinski definition) is 2. The number of carbonyl (C=O) groups excluding carboxylic acids is 1. The van der Waals surface area contributed by atoms with Gasteiger partial charge in [-0.05, 0) is 25.8 Å². The molecule has 6 heteroatoms. The van der Waals surface area contributed by atoms with Crippen molar-refractivity contribution in [3.8, 4) is 0 Å². The molecule has 19 heavy (non-hydrogen) atoms. The molecule has 0 aliphatic carbocycles. The molecule has 1 saturated heterocycles. The Morgan fingerprint density at radius 1 is 1.32 bits per heavy atom. The average Bonchev–Trinajstić information content (AvgIpc) is 2.61. The maximum atomic E-state index is 12.5. The predicted molar refractivity (Wildman–Crippen MR) is 67.8 cm³/mol. The molecule has 1 rings (SSSR count). The van der Waals surface area contributed by atoms with Gasteiger partial charge >= 0.3 is 6.18 Å². The Kier molecular flexibility index (Phi) is 6.62. The van der Waals surface area contributed by atoms with Crippen LogP contribution in [-0.4, -0.2) is 42.7 Å². The highest BCUT2D eigenvalue weighted by Gasteiger charge is 2.35. The standard InChI is InChI=1S/C13H23F3N2O/c1-2-3-9-18(10-13(14,15)16)12(19)11-7-5-4-6-8-17-11/h11,17H,2-10H2,1H3. The SMILES string of the molecule is CCCCN(CC(F)(F)F)C(=O)C1CCCCCN1. The molecule has 1 atom stereocenters. The van der Waals surface area contributed by atoms with Crippen molar-refractivity contribution in [2.45, 2.75) is 57.7 Å². The Bertz CT molecular complexity index is 274. The van der Waals surface area contributed by atoms with Crippen LogP contribution in [0.25, 0.3) is 0 Å². The molecule has 0 aromatic heterocycles. The minimum absolute atomic E-state index is 0.188. The molecular formula is C13H23F3N2O.